The lowest BCUT2D eigenvalue weighted by Crippen LogP contribution is -2.51. The van der Waals surface area contributed by atoms with Crippen molar-refractivity contribution in [2.75, 3.05) is 17.4 Å². The minimum absolute atomic E-state index is 0.00518. The Morgan fingerprint density at radius 3 is 2.12 bits per heavy atom. The monoisotopic (exact) mass is 623 g/mol. The number of carbonyl (C=O) groups is 2. The molecule has 0 aliphatic carbocycles. The molecule has 0 spiro atoms. The molecule has 3 aromatic rings. The first-order valence-electron chi connectivity index (χ1n) is 12.7. The Hall–Kier alpha value is -2.78. The lowest BCUT2D eigenvalue weighted by Gasteiger charge is -2.33. The Morgan fingerprint density at radius 2 is 1.52 bits per heavy atom. The van der Waals surface area contributed by atoms with Gasteiger partial charge in [-0.15, -0.1) is 0 Å². The van der Waals surface area contributed by atoms with E-state index in [0.29, 0.717) is 32.7 Å². The first-order chi connectivity index (χ1) is 18.8. The number of benzene rings is 3. The second kappa shape index (κ2) is 13.7. The van der Waals surface area contributed by atoms with Gasteiger partial charge in [0, 0.05) is 33.7 Å². The summed E-state index contributed by atoms with van der Waals surface area (Å²) in [5.41, 5.74) is 1.29. The van der Waals surface area contributed by atoms with Crippen molar-refractivity contribution in [2.24, 2.45) is 5.92 Å². The molecule has 1 atom stereocenters. The van der Waals surface area contributed by atoms with Crippen molar-refractivity contribution in [1.29, 1.82) is 0 Å². The van der Waals surface area contributed by atoms with Gasteiger partial charge < -0.3 is 10.2 Å². The van der Waals surface area contributed by atoms with Gasteiger partial charge in [0.15, 0.2) is 0 Å². The zero-order valence-electron chi connectivity index (χ0n) is 22.7. The number of sulfonamides is 1. The van der Waals surface area contributed by atoms with Crippen LogP contribution in [0.25, 0.3) is 0 Å². The third kappa shape index (κ3) is 7.69. The van der Waals surface area contributed by atoms with Crippen LogP contribution in [0.15, 0.2) is 71.6 Å². The van der Waals surface area contributed by atoms with Crippen molar-refractivity contribution in [2.45, 2.75) is 45.2 Å². The number of nitrogens with zero attached hydrogens (tertiary/aromatic N) is 2. The normalized spacial score (nSPS) is 12.2. The van der Waals surface area contributed by atoms with Crippen molar-refractivity contribution in [3.8, 4) is 0 Å². The average Bonchev–Trinajstić information content (AvgIpc) is 2.91. The summed E-state index contributed by atoms with van der Waals surface area (Å²) in [6, 6.07) is 16.6. The molecule has 214 valence electrons. The third-order valence-corrected chi connectivity index (χ3v) is 9.01. The standard InChI is InChI=1S/C29H32Cl3N3O4S/c1-19(2)16-33-29(37)21(4)34(17-24-25(31)11-8-12-26(24)32)28(36)18-35(27-15-22(30)14-13-20(27)3)40(38,39)23-9-6-5-7-10-23/h5-15,19,21H,16-18H2,1-4H3,(H,33,37)/t21-/m0/s1. The number of amides is 2. The Bertz CT molecular complexity index is 1450. The van der Waals surface area contributed by atoms with Crippen LogP contribution in [0.5, 0.6) is 0 Å². The first-order valence-corrected chi connectivity index (χ1v) is 15.2. The fourth-order valence-corrected chi connectivity index (χ4v) is 6.15. The van der Waals surface area contributed by atoms with E-state index in [1.165, 1.54) is 23.1 Å². The maximum atomic E-state index is 14.0. The summed E-state index contributed by atoms with van der Waals surface area (Å²) >= 11 is 19.1. The van der Waals surface area contributed by atoms with Crippen LogP contribution >= 0.6 is 34.8 Å². The van der Waals surface area contributed by atoms with E-state index in [4.69, 9.17) is 34.8 Å². The van der Waals surface area contributed by atoms with Crippen LogP contribution in [0.4, 0.5) is 5.69 Å². The van der Waals surface area contributed by atoms with Crippen LogP contribution in [-0.4, -0.2) is 44.3 Å². The third-order valence-electron chi connectivity index (χ3n) is 6.29. The van der Waals surface area contributed by atoms with E-state index in [-0.39, 0.29) is 29.0 Å². The predicted molar refractivity (Wildman–Crippen MR) is 161 cm³/mol. The summed E-state index contributed by atoms with van der Waals surface area (Å²) in [7, 11) is -4.20. The van der Waals surface area contributed by atoms with Gasteiger partial charge in [-0.3, -0.25) is 13.9 Å². The second-order valence-corrected chi connectivity index (χ2v) is 12.9. The molecular weight excluding hydrogens is 593 g/mol. The molecule has 0 saturated heterocycles. The molecule has 0 bridgehead atoms. The Balaban J connectivity index is 2.08. The topological polar surface area (TPSA) is 86.8 Å². The number of hydrogen-bond acceptors (Lipinski definition) is 4. The van der Waals surface area contributed by atoms with Gasteiger partial charge in [0.2, 0.25) is 11.8 Å². The molecule has 40 heavy (non-hydrogen) atoms. The highest BCUT2D eigenvalue weighted by molar-refractivity contribution is 7.92. The Morgan fingerprint density at radius 1 is 0.900 bits per heavy atom. The van der Waals surface area contributed by atoms with E-state index in [1.807, 2.05) is 13.8 Å². The molecule has 0 saturated carbocycles. The van der Waals surface area contributed by atoms with Crippen LogP contribution in [0, 0.1) is 12.8 Å². The predicted octanol–water partition coefficient (Wildman–Crippen LogP) is 6.34. The van der Waals surface area contributed by atoms with E-state index < -0.39 is 28.5 Å². The van der Waals surface area contributed by atoms with Crippen molar-refractivity contribution < 1.29 is 18.0 Å². The number of aryl methyl sites for hydroxylation is 1. The number of nitrogens with one attached hydrogen (secondary N) is 1. The molecule has 0 aliphatic heterocycles. The first kappa shape index (κ1) is 31.7. The van der Waals surface area contributed by atoms with Crippen molar-refractivity contribution in [3.05, 3.63) is 92.9 Å². The van der Waals surface area contributed by atoms with Gasteiger partial charge >= 0.3 is 0 Å². The number of rotatable bonds is 11. The lowest BCUT2D eigenvalue weighted by molar-refractivity contribution is -0.139. The molecule has 0 aliphatic rings. The minimum atomic E-state index is -4.20. The molecular formula is C29H32Cl3N3O4S. The number of anilines is 1. The molecule has 0 aromatic heterocycles. The average molecular weight is 625 g/mol. The van der Waals surface area contributed by atoms with E-state index >= 15 is 0 Å². The molecule has 0 heterocycles. The van der Waals surface area contributed by atoms with Gasteiger partial charge in [0.25, 0.3) is 10.0 Å². The fourth-order valence-electron chi connectivity index (χ4n) is 3.97. The highest BCUT2D eigenvalue weighted by atomic mass is 35.5. The molecule has 0 fully saturated rings. The van der Waals surface area contributed by atoms with Gasteiger partial charge in [0.1, 0.15) is 12.6 Å². The largest absolute Gasteiger partial charge is 0.354 e. The van der Waals surface area contributed by atoms with Crippen LogP contribution in [0.2, 0.25) is 15.1 Å². The Labute approximate surface area is 251 Å². The van der Waals surface area contributed by atoms with Crippen molar-refractivity contribution in [3.63, 3.8) is 0 Å². The van der Waals surface area contributed by atoms with Crippen molar-refractivity contribution in [1.82, 2.24) is 10.2 Å². The molecule has 3 aromatic carbocycles. The van der Waals surface area contributed by atoms with Gasteiger partial charge in [-0.05, 0) is 61.7 Å². The molecule has 3 rings (SSSR count). The summed E-state index contributed by atoms with van der Waals surface area (Å²) in [6.07, 6.45) is 0. The highest BCUT2D eigenvalue weighted by Crippen LogP contribution is 2.31. The number of halogens is 3. The summed E-state index contributed by atoms with van der Waals surface area (Å²) < 4.78 is 28.8. The highest BCUT2D eigenvalue weighted by Gasteiger charge is 2.33. The molecule has 1 N–H and O–H groups in total. The zero-order valence-corrected chi connectivity index (χ0v) is 25.8. The SMILES string of the molecule is Cc1ccc(Cl)cc1N(CC(=O)N(Cc1c(Cl)cccc1Cl)[C@@H](C)C(=O)NCC(C)C)S(=O)(=O)c1ccccc1. The maximum Gasteiger partial charge on any atom is 0.264 e. The molecule has 0 radical (unpaired) electrons. The van der Waals surface area contributed by atoms with Gasteiger partial charge in [-0.25, -0.2) is 8.42 Å². The second-order valence-electron chi connectivity index (χ2n) is 9.79. The van der Waals surface area contributed by atoms with E-state index in [9.17, 15) is 18.0 Å². The van der Waals surface area contributed by atoms with Gasteiger partial charge in [-0.2, -0.15) is 0 Å². The smallest absolute Gasteiger partial charge is 0.264 e. The number of hydrogen-bond donors (Lipinski definition) is 1. The van der Waals surface area contributed by atoms with E-state index in [1.54, 1.807) is 62.4 Å². The summed E-state index contributed by atoms with van der Waals surface area (Å²) in [4.78, 5) is 28.4. The van der Waals surface area contributed by atoms with E-state index in [2.05, 4.69) is 5.32 Å². The zero-order chi connectivity index (χ0) is 29.6. The lowest BCUT2D eigenvalue weighted by atomic mass is 10.1. The maximum absolute atomic E-state index is 14.0. The summed E-state index contributed by atoms with van der Waals surface area (Å²) in [5.74, 6) is -0.820. The molecule has 11 heteroatoms. The van der Waals surface area contributed by atoms with Crippen LogP contribution in [0.1, 0.15) is 31.9 Å². The van der Waals surface area contributed by atoms with Crippen molar-refractivity contribution >= 4 is 62.3 Å². The fraction of sp³-hybridized carbons (Fsp3) is 0.310. The van der Waals surface area contributed by atoms with Crippen LogP contribution < -0.4 is 9.62 Å². The summed E-state index contributed by atoms with van der Waals surface area (Å²) in [6.45, 7) is 6.93. The molecule has 7 nitrogen and oxygen atoms in total. The summed E-state index contributed by atoms with van der Waals surface area (Å²) in [5, 5.41) is 3.79. The Kier molecular flexibility index (Phi) is 10.9. The molecule has 2 amide bonds. The van der Waals surface area contributed by atoms with Gasteiger partial charge in [-0.1, -0.05) is 79.0 Å². The van der Waals surface area contributed by atoms with Crippen LogP contribution in [0.3, 0.4) is 0 Å². The quantitative estimate of drug-likeness (QED) is 0.270. The van der Waals surface area contributed by atoms with Crippen LogP contribution in [-0.2, 0) is 26.2 Å². The van der Waals surface area contributed by atoms with E-state index in [0.717, 1.165) is 4.31 Å². The van der Waals surface area contributed by atoms with Gasteiger partial charge in [0.05, 0.1) is 10.6 Å². The minimum Gasteiger partial charge on any atom is -0.354 e. The molecule has 0 unspecified atom stereocenters. The number of carbonyl (C=O) groups excluding carboxylic acids is 2.